The number of hydrogen-bond donors (Lipinski definition) is 2. The van der Waals surface area contributed by atoms with Crippen LogP contribution in [0.25, 0.3) is 0 Å². The highest BCUT2D eigenvalue weighted by Gasteiger charge is 2.34. The third-order valence-electron chi connectivity index (χ3n) is 5.04. The molecular formula is C20H27N3O3. The molecule has 0 unspecified atom stereocenters. The number of benzene rings is 1. The molecule has 6 heteroatoms. The van der Waals surface area contributed by atoms with E-state index in [9.17, 15) is 9.59 Å². The standard InChI is InChI=1S/C20H27N3O3/c1-3-26-19(24)17-16(13-23-11-9-14(2)10-12-23)21-20(25)22-18(17)15-7-5-4-6-8-15/h4-8,14,18H,3,9-13H2,1-2H3,(H2,21,22,25)/t18-/m1/s1. The molecule has 3 rings (SSSR count). The summed E-state index contributed by atoms with van der Waals surface area (Å²) < 4.78 is 5.30. The molecule has 2 heterocycles. The Hall–Kier alpha value is -2.34. The average molecular weight is 357 g/mol. The first kappa shape index (κ1) is 18.5. The number of carbonyl (C=O) groups excluding carboxylic acids is 2. The van der Waals surface area contributed by atoms with Crippen molar-refractivity contribution in [3.05, 3.63) is 47.2 Å². The normalized spacial score (nSPS) is 21.9. The third-order valence-corrected chi connectivity index (χ3v) is 5.04. The van der Waals surface area contributed by atoms with Crippen LogP contribution in [-0.2, 0) is 9.53 Å². The summed E-state index contributed by atoms with van der Waals surface area (Å²) in [5, 5.41) is 5.72. The number of esters is 1. The smallest absolute Gasteiger partial charge is 0.338 e. The van der Waals surface area contributed by atoms with Crippen molar-refractivity contribution in [2.45, 2.75) is 32.7 Å². The van der Waals surface area contributed by atoms with Crippen molar-refractivity contribution >= 4 is 12.0 Å². The van der Waals surface area contributed by atoms with Crippen LogP contribution in [0.3, 0.4) is 0 Å². The quantitative estimate of drug-likeness (QED) is 0.795. The first-order valence-corrected chi connectivity index (χ1v) is 9.33. The Morgan fingerprint density at radius 2 is 1.92 bits per heavy atom. The molecule has 2 amide bonds. The van der Waals surface area contributed by atoms with E-state index in [1.165, 1.54) is 0 Å². The van der Waals surface area contributed by atoms with Crippen LogP contribution in [-0.4, -0.2) is 43.1 Å². The number of likely N-dealkylation sites (tertiary alicyclic amines) is 1. The predicted molar refractivity (Wildman–Crippen MR) is 99.3 cm³/mol. The number of rotatable bonds is 5. The molecule has 2 N–H and O–H groups in total. The molecule has 1 aromatic rings. The lowest BCUT2D eigenvalue weighted by Gasteiger charge is -2.34. The summed E-state index contributed by atoms with van der Waals surface area (Å²) in [6.45, 7) is 6.85. The number of carbonyl (C=O) groups is 2. The summed E-state index contributed by atoms with van der Waals surface area (Å²) in [4.78, 5) is 27.2. The summed E-state index contributed by atoms with van der Waals surface area (Å²) in [6.07, 6.45) is 2.27. The van der Waals surface area contributed by atoms with Gasteiger partial charge in [-0.05, 0) is 44.3 Å². The van der Waals surface area contributed by atoms with Gasteiger partial charge in [-0.2, -0.15) is 0 Å². The second kappa shape index (κ2) is 8.36. The molecule has 2 aliphatic rings. The molecule has 0 aromatic heterocycles. The van der Waals surface area contributed by atoms with E-state index in [4.69, 9.17) is 4.74 Å². The summed E-state index contributed by atoms with van der Waals surface area (Å²) in [5.74, 6) is 0.346. The molecule has 1 atom stereocenters. The molecule has 0 saturated carbocycles. The Balaban J connectivity index is 1.93. The van der Waals surface area contributed by atoms with E-state index >= 15 is 0 Å². The van der Waals surface area contributed by atoms with Gasteiger partial charge in [-0.25, -0.2) is 9.59 Å². The van der Waals surface area contributed by atoms with E-state index < -0.39 is 6.04 Å². The van der Waals surface area contributed by atoms with Crippen LogP contribution in [0.1, 0.15) is 38.3 Å². The van der Waals surface area contributed by atoms with Crippen LogP contribution < -0.4 is 10.6 Å². The largest absolute Gasteiger partial charge is 0.463 e. The van der Waals surface area contributed by atoms with E-state index in [-0.39, 0.29) is 12.0 Å². The topological polar surface area (TPSA) is 70.7 Å². The fourth-order valence-electron chi connectivity index (χ4n) is 3.53. The number of piperidine rings is 1. The molecule has 2 aliphatic heterocycles. The van der Waals surface area contributed by atoms with E-state index in [1.807, 2.05) is 30.3 Å². The molecule has 0 aliphatic carbocycles. The molecule has 140 valence electrons. The number of hydrogen-bond acceptors (Lipinski definition) is 4. The Kier molecular flexibility index (Phi) is 5.93. The monoisotopic (exact) mass is 357 g/mol. The van der Waals surface area contributed by atoms with Gasteiger partial charge in [0.05, 0.1) is 18.2 Å². The number of nitrogens with zero attached hydrogens (tertiary/aromatic N) is 1. The highest BCUT2D eigenvalue weighted by Crippen LogP contribution is 2.28. The van der Waals surface area contributed by atoms with Crippen LogP contribution in [0.2, 0.25) is 0 Å². The zero-order valence-corrected chi connectivity index (χ0v) is 15.5. The molecule has 1 saturated heterocycles. The fraction of sp³-hybridized carbons (Fsp3) is 0.500. The zero-order valence-electron chi connectivity index (χ0n) is 15.5. The third kappa shape index (κ3) is 4.25. The van der Waals surface area contributed by atoms with Gasteiger partial charge in [-0.15, -0.1) is 0 Å². The van der Waals surface area contributed by atoms with Gasteiger partial charge in [-0.1, -0.05) is 37.3 Å². The molecular weight excluding hydrogens is 330 g/mol. The van der Waals surface area contributed by atoms with Crippen LogP contribution in [0, 0.1) is 5.92 Å². The van der Waals surface area contributed by atoms with Crippen molar-refractivity contribution in [2.75, 3.05) is 26.2 Å². The first-order chi connectivity index (χ1) is 12.6. The van der Waals surface area contributed by atoms with Crippen molar-refractivity contribution < 1.29 is 14.3 Å². The summed E-state index contributed by atoms with van der Waals surface area (Å²) in [5.41, 5.74) is 2.02. The molecule has 0 bridgehead atoms. The maximum atomic E-state index is 12.7. The number of urea groups is 1. The second-order valence-electron chi connectivity index (χ2n) is 7.01. The minimum Gasteiger partial charge on any atom is -0.463 e. The molecule has 26 heavy (non-hydrogen) atoms. The molecule has 1 fully saturated rings. The van der Waals surface area contributed by atoms with Gasteiger partial charge in [-0.3, -0.25) is 4.90 Å². The summed E-state index contributed by atoms with van der Waals surface area (Å²) >= 11 is 0. The van der Waals surface area contributed by atoms with Crippen molar-refractivity contribution in [2.24, 2.45) is 5.92 Å². The van der Waals surface area contributed by atoms with Gasteiger partial charge in [0, 0.05) is 12.2 Å². The molecule has 0 spiro atoms. The first-order valence-electron chi connectivity index (χ1n) is 9.33. The van der Waals surface area contributed by atoms with Crippen LogP contribution in [0.4, 0.5) is 4.79 Å². The van der Waals surface area contributed by atoms with E-state index in [0.29, 0.717) is 24.4 Å². The Morgan fingerprint density at radius 1 is 1.23 bits per heavy atom. The lowest BCUT2D eigenvalue weighted by Crippen LogP contribution is -2.49. The molecule has 6 nitrogen and oxygen atoms in total. The van der Waals surface area contributed by atoms with Gasteiger partial charge in [0.25, 0.3) is 0 Å². The number of nitrogens with one attached hydrogen (secondary N) is 2. The SMILES string of the molecule is CCOC(=O)C1=C(CN2CCC(C)CC2)NC(=O)N[C@@H]1c1ccccc1. The average Bonchev–Trinajstić information content (AvgIpc) is 2.64. The number of amides is 2. The van der Waals surface area contributed by atoms with Crippen LogP contribution in [0.15, 0.2) is 41.6 Å². The Morgan fingerprint density at radius 3 is 2.58 bits per heavy atom. The lowest BCUT2D eigenvalue weighted by molar-refractivity contribution is -0.139. The van der Waals surface area contributed by atoms with E-state index in [2.05, 4.69) is 22.5 Å². The van der Waals surface area contributed by atoms with Crippen LogP contribution >= 0.6 is 0 Å². The van der Waals surface area contributed by atoms with Crippen LogP contribution in [0.5, 0.6) is 0 Å². The van der Waals surface area contributed by atoms with Gasteiger partial charge in [0.1, 0.15) is 0 Å². The summed E-state index contributed by atoms with van der Waals surface area (Å²) in [7, 11) is 0. The highest BCUT2D eigenvalue weighted by atomic mass is 16.5. The molecule has 0 radical (unpaired) electrons. The fourth-order valence-corrected chi connectivity index (χ4v) is 3.53. The van der Waals surface area contributed by atoms with Gasteiger partial charge in [0.2, 0.25) is 0 Å². The molecule has 1 aromatic carbocycles. The minimum atomic E-state index is -0.497. The Labute approximate surface area is 154 Å². The number of ether oxygens (including phenoxy) is 1. The Bertz CT molecular complexity index is 679. The van der Waals surface area contributed by atoms with Crippen molar-refractivity contribution in [3.63, 3.8) is 0 Å². The highest BCUT2D eigenvalue weighted by molar-refractivity contribution is 5.95. The van der Waals surface area contributed by atoms with E-state index in [0.717, 1.165) is 37.4 Å². The van der Waals surface area contributed by atoms with E-state index in [1.54, 1.807) is 6.92 Å². The van der Waals surface area contributed by atoms with Gasteiger partial charge in [0.15, 0.2) is 0 Å². The zero-order chi connectivity index (χ0) is 18.5. The minimum absolute atomic E-state index is 0.285. The maximum Gasteiger partial charge on any atom is 0.338 e. The lowest BCUT2D eigenvalue weighted by atomic mass is 9.94. The van der Waals surface area contributed by atoms with Crippen molar-refractivity contribution in [1.82, 2.24) is 15.5 Å². The predicted octanol–water partition coefficient (Wildman–Crippen LogP) is 2.59. The van der Waals surface area contributed by atoms with Gasteiger partial charge >= 0.3 is 12.0 Å². The maximum absolute atomic E-state index is 12.7. The summed E-state index contributed by atoms with van der Waals surface area (Å²) in [6, 6.07) is 8.76. The van der Waals surface area contributed by atoms with Crippen molar-refractivity contribution in [3.8, 4) is 0 Å². The van der Waals surface area contributed by atoms with Crippen molar-refractivity contribution in [1.29, 1.82) is 0 Å². The second-order valence-corrected chi connectivity index (χ2v) is 7.01. The van der Waals surface area contributed by atoms with Gasteiger partial charge < -0.3 is 15.4 Å².